The van der Waals surface area contributed by atoms with Crippen LogP contribution in [0.3, 0.4) is 0 Å². The largest absolute Gasteiger partial charge is 0.387 e. The highest BCUT2D eigenvalue weighted by molar-refractivity contribution is 5.45. The molecule has 0 spiro atoms. The molecule has 3 aromatic rings. The first-order valence-corrected chi connectivity index (χ1v) is 10.8. The SMILES string of the molecule is Cc1c([C@@H](O)CNCc2cnn(-c3cc(C4CC4)c(C#N)cn3)c2)ccc2c1COC2O. The van der Waals surface area contributed by atoms with Gasteiger partial charge in [0.05, 0.1) is 24.5 Å². The van der Waals surface area contributed by atoms with Crippen molar-refractivity contribution in [2.75, 3.05) is 6.54 Å². The van der Waals surface area contributed by atoms with Crippen LogP contribution in [0, 0.1) is 18.3 Å². The quantitative estimate of drug-likeness (QED) is 0.527. The standard InChI is InChI=1S/C24H25N5O3/c1-14-18(4-5-19-21(14)13-32-24(19)31)22(30)11-26-8-15-9-28-29(12-15)23-6-20(16-2-3-16)17(7-25)10-27-23/h4-6,9-10,12,16,22,24,26,30-31H,2-3,8,11,13H2,1H3/t22-,24?/m0/s1. The van der Waals surface area contributed by atoms with Crippen molar-refractivity contribution in [2.45, 2.75) is 51.2 Å². The molecule has 1 fully saturated rings. The molecule has 2 aliphatic rings. The van der Waals surface area contributed by atoms with Gasteiger partial charge >= 0.3 is 0 Å². The fraction of sp³-hybridized carbons (Fsp3) is 0.375. The number of ether oxygens (including phenoxy) is 1. The average molecular weight is 431 g/mol. The van der Waals surface area contributed by atoms with E-state index in [0.717, 1.165) is 46.2 Å². The summed E-state index contributed by atoms with van der Waals surface area (Å²) in [6.45, 7) is 3.24. The molecule has 0 bridgehead atoms. The Morgan fingerprint density at radius 1 is 1.31 bits per heavy atom. The normalized spacial score (nSPS) is 18.4. The molecular weight excluding hydrogens is 406 g/mol. The number of pyridine rings is 1. The number of aliphatic hydroxyl groups is 2. The van der Waals surface area contributed by atoms with Crippen molar-refractivity contribution in [3.05, 3.63) is 75.7 Å². The Kier molecular flexibility index (Phi) is 5.49. The van der Waals surface area contributed by atoms with Crippen molar-refractivity contribution in [2.24, 2.45) is 0 Å². The Morgan fingerprint density at radius 2 is 2.16 bits per heavy atom. The number of aromatic nitrogens is 3. The first-order chi connectivity index (χ1) is 15.5. The van der Waals surface area contributed by atoms with E-state index in [1.807, 2.05) is 31.3 Å². The summed E-state index contributed by atoms with van der Waals surface area (Å²) in [5, 5.41) is 37.5. The zero-order valence-electron chi connectivity index (χ0n) is 17.8. The van der Waals surface area contributed by atoms with Gasteiger partial charge in [-0.15, -0.1) is 0 Å². The molecule has 0 amide bonds. The maximum atomic E-state index is 10.7. The summed E-state index contributed by atoms with van der Waals surface area (Å²) < 4.78 is 7.00. The van der Waals surface area contributed by atoms with E-state index in [4.69, 9.17) is 4.74 Å². The molecule has 0 radical (unpaired) electrons. The molecule has 2 aromatic heterocycles. The molecule has 5 rings (SSSR count). The smallest absolute Gasteiger partial charge is 0.181 e. The molecule has 8 heteroatoms. The molecule has 3 heterocycles. The van der Waals surface area contributed by atoms with Gasteiger partial charge in [-0.1, -0.05) is 12.1 Å². The molecule has 1 saturated carbocycles. The number of aliphatic hydroxyl groups excluding tert-OH is 2. The van der Waals surface area contributed by atoms with Gasteiger partial charge in [0, 0.05) is 36.6 Å². The van der Waals surface area contributed by atoms with Crippen LogP contribution in [-0.2, 0) is 17.9 Å². The highest BCUT2D eigenvalue weighted by Crippen LogP contribution is 2.41. The molecule has 164 valence electrons. The van der Waals surface area contributed by atoms with Crippen LogP contribution in [0.1, 0.15) is 70.1 Å². The van der Waals surface area contributed by atoms with E-state index in [1.165, 1.54) is 0 Å². The van der Waals surface area contributed by atoms with E-state index < -0.39 is 12.4 Å². The second-order valence-electron chi connectivity index (χ2n) is 8.47. The zero-order chi connectivity index (χ0) is 22.2. The van der Waals surface area contributed by atoms with Crippen molar-refractivity contribution in [1.29, 1.82) is 5.26 Å². The van der Waals surface area contributed by atoms with E-state index in [-0.39, 0.29) is 0 Å². The van der Waals surface area contributed by atoms with E-state index in [0.29, 0.717) is 37.0 Å². The first kappa shape index (κ1) is 20.8. The Balaban J connectivity index is 1.22. The highest BCUT2D eigenvalue weighted by Gasteiger charge is 2.27. The average Bonchev–Trinajstić information content (AvgIpc) is 3.43. The van der Waals surface area contributed by atoms with Crippen LogP contribution in [0.2, 0.25) is 0 Å². The fourth-order valence-electron chi connectivity index (χ4n) is 4.28. The van der Waals surface area contributed by atoms with Crippen LogP contribution in [-0.4, -0.2) is 31.5 Å². The molecule has 8 nitrogen and oxygen atoms in total. The predicted octanol–water partition coefficient (Wildman–Crippen LogP) is 2.67. The van der Waals surface area contributed by atoms with Gasteiger partial charge in [-0.3, -0.25) is 0 Å². The third-order valence-corrected chi connectivity index (χ3v) is 6.28. The van der Waals surface area contributed by atoms with E-state index in [9.17, 15) is 15.5 Å². The summed E-state index contributed by atoms with van der Waals surface area (Å²) in [5.41, 5.74) is 6.19. The highest BCUT2D eigenvalue weighted by atomic mass is 16.6. The van der Waals surface area contributed by atoms with Gasteiger partial charge in [0.15, 0.2) is 12.1 Å². The van der Waals surface area contributed by atoms with Crippen LogP contribution >= 0.6 is 0 Å². The number of fused-ring (bicyclic) bond motifs is 1. The minimum Gasteiger partial charge on any atom is -0.387 e. The molecule has 2 atom stereocenters. The Bertz CT molecular complexity index is 1190. The number of nitrogens with one attached hydrogen (secondary N) is 1. The second-order valence-corrected chi connectivity index (χ2v) is 8.47. The molecule has 1 aromatic carbocycles. The number of hydrogen-bond acceptors (Lipinski definition) is 7. The molecule has 32 heavy (non-hydrogen) atoms. The predicted molar refractivity (Wildman–Crippen MR) is 116 cm³/mol. The van der Waals surface area contributed by atoms with E-state index >= 15 is 0 Å². The van der Waals surface area contributed by atoms with E-state index in [1.54, 1.807) is 17.1 Å². The van der Waals surface area contributed by atoms with Gasteiger partial charge < -0.3 is 20.3 Å². The van der Waals surface area contributed by atoms with Gasteiger partial charge in [-0.25, -0.2) is 9.67 Å². The monoisotopic (exact) mass is 431 g/mol. The van der Waals surface area contributed by atoms with Gasteiger partial charge in [0.2, 0.25) is 0 Å². The van der Waals surface area contributed by atoms with Crippen LogP contribution in [0.4, 0.5) is 0 Å². The summed E-state index contributed by atoms with van der Waals surface area (Å²) >= 11 is 0. The number of rotatable bonds is 7. The number of benzene rings is 1. The lowest BCUT2D eigenvalue weighted by molar-refractivity contribution is -0.0918. The molecule has 1 aliphatic heterocycles. The molecule has 3 N–H and O–H groups in total. The fourth-order valence-corrected chi connectivity index (χ4v) is 4.28. The summed E-state index contributed by atoms with van der Waals surface area (Å²) in [7, 11) is 0. The third-order valence-electron chi connectivity index (χ3n) is 6.28. The summed E-state index contributed by atoms with van der Waals surface area (Å²) in [5.74, 6) is 1.16. The maximum absolute atomic E-state index is 10.7. The van der Waals surface area contributed by atoms with Crippen LogP contribution in [0.5, 0.6) is 0 Å². The van der Waals surface area contributed by atoms with E-state index in [2.05, 4.69) is 21.5 Å². The van der Waals surface area contributed by atoms with Crippen molar-refractivity contribution >= 4 is 0 Å². The Morgan fingerprint density at radius 3 is 2.94 bits per heavy atom. The third kappa shape index (κ3) is 3.92. The summed E-state index contributed by atoms with van der Waals surface area (Å²) in [4.78, 5) is 4.39. The van der Waals surface area contributed by atoms with Crippen LogP contribution in [0.15, 0.2) is 36.8 Å². The lowest BCUT2D eigenvalue weighted by Gasteiger charge is -2.17. The number of hydrogen-bond donors (Lipinski definition) is 3. The minimum atomic E-state index is -0.879. The molecular formula is C24H25N5O3. The lowest BCUT2D eigenvalue weighted by Crippen LogP contribution is -2.21. The molecule has 0 saturated heterocycles. The number of nitrogens with zero attached hydrogens (tertiary/aromatic N) is 4. The first-order valence-electron chi connectivity index (χ1n) is 10.8. The number of nitriles is 1. The van der Waals surface area contributed by atoms with Gasteiger partial charge in [0.1, 0.15) is 6.07 Å². The second kappa shape index (κ2) is 8.45. The summed E-state index contributed by atoms with van der Waals surface area (Å²) in [6, 6.07) is 7.86. The van der Waals surface area contributed by atoms with Crippen LogP contribution < -0.4 is 5.32 Å². The lowest BCUT2D eigenvalue weighted by atomic mass is 9.95. The molecule has 1 unspecified atom stereocenters. The topological polar surface area (TPSA) is 116 Å². The van der Waals surface area contributed by atoms with Crippen molar-refractivity contribution in [1.82, 2.24) is 20.1 Å². The van der Waals surface area contributed by atoms with Gasteiger partial charge in [0.25, 0.3) is 0 Å². The minimum absolute atomic E-state index is 0.362. The Labute approximate surface area is 186 Å². The maximum Gasteiger partial charge on any atom is 0.181 e. The van der Waals surface area contributed by atoms with Crippen molar-refractivity contribution in [3.8, 4) is 11.9 Å². The zero-order valence-corrected chi connectivity index (χ0v) is 17.8. The molecule has 1 aliphatic carbocycles. The summed E-state index contributed by atoms with van der Waals surface area (Å²) in [6.07, 6.45) is 5.99. The van der Waals surface area contributed by atoms with Crippen molar-refractivity contribution in [3.63, 3.8) is 0 Å². The van der Waals surface area contributed by atoms with Crippen LogP contribution in [0.25, 0.3) is 5.82 Å². The van der Waals surface area contributed by atoms with Crippen molar-refractivity contribution < 1.29 is 14.9 Å². The Hall–Kier alpha value is -3.09. The van der Waals surface area contributed by atoms with Gasteiger partial charge in [-0.05, 0) is 54.0 Å². The van der Waals surface area contributed by atoms with Gasteiger partial charge in [-0.2, -0.15) is 10.4 Å².